The molecule has 5 nitrogen and oxygen atoms in total. The predicted octanol–water partition coefficient (Wildman–Crippen LogP) is 4.11. The molecule has 2 N–H and O–H groups in total. The van der Waals surface area contributed by atoms with Crippen LogP contribution in [0.1, 0.15) is 29.2 Å². The number of rotatable bonds is 9. The average Bonchev–Trinajstić information content (AvgIpc) is 2.89. The second-order valence-corrected chi connectivity index (χ2v) is 9.04. The molecule has 1 unspecified atom stereocenters. The van der Waals surface area contributed by atoms with Gasteiger partial charge in [-0.3, -0.25) is 14.6 Å². The molecule has 1 saturated heterocycles. The van der Waals surface area contributed by atoms with Crippen molar-refractivity contribution in [2.75, 3.05) is 32.8 Å². The Morgan fingerprint density at radius 1 is 0.824 bits per heavy atom. The van der Waals surface area contributed by atoms with Crippen molar-refractivity contribution in [3.8, 4) is 0 Å². The van der Waals surface area contributed by atoms with Gasteiger partial charge < -0.3 is 10.4 Å². The summed E-state index contributed by atoms with van der Waals surface area (Å²) < 4.78 is 0. The van der Waals surface area contributed by atoms with Crippen molar-refractivity contribution in [3.05, 3.63) is 107 Å². The molecule has 178 valence electrons. The fourth-order valence-corrected chi connectivity index (χ4v) is 4.94. The highest BCUT2D eigenvalue weighted by Gasteiger charge is 2.32. The lowest BCUT2D eigenvalue weighted by Crippen LogP contribution is -2.55. The molecule has 0 bridgehead atoms. The molecular formula is C28H32ClN3O2. The normalized spacial score (nSPS) is 15.9. The van der Waals surface area contributed by atoms with E-state index in [1.807, 2.05) is 36.4 Å². The predicted molar refractivity (Wildman–Crippen MR) is 137 cm³/mol. The topological polar surface area (TPSA) is 55.8 Å². The Balaban J connectivity index is 1.42. The van der Waals surface area contributed by atoms with Gasteiger partial charge >= 0.3 is 0 Å². The third-order valence-corrected chi connectivity index (χ3v) is 6.87. The zero-order valence-electron chi connectivity index (χ0n) is 19.3. The number of aliphatic hydroxyl groups is 1. The summed E-state index contributed by atoms with van der Waals surface area (Å²) in [6, 6.07) is 28.5. The van der Waals surface area contributed by atoms with Gasteiger partial charge in [0.15, 0.2) is 0 Å². The molecule has 1 heterocycles. The number of piperazine rings is 1. The van der Waals surface area contributed by atoms with Gasteiger partial charge in [0.1, 0.15) is 0 Å². The summed E-state index contributed by atoms with van der Waals surface area (Å²) in [5.41, 5.74) is 3.43. The molecule has 6 heteroatoms. The summed E-state index contributed by atoms with van der Waals surface area (Å²) in [6.45, 7) is 3.56. The molecule has 0 saturated carbocycles. The van der Waals surface area contributed by atoms with Gasteiger partial charge in [0.25, 0.3) is 0 Å². The van der Waals surface area contributed by atoms with Crippen LogP contribution in [0.4, 0.5) is 0 Å². The van der Waals surface area contributed by atoms with Gasteiger partial charge in [-0.05, 0) is 29.2 Å². The zero-order chi connectivity index (χ0) is 23.8. The summed E-state index contributed by atoms with van der Waals surface area (Å²) in [7, 11) is 0. The number of nitrogens with one attached hydrogen (secondary N) is 1. The van der Waals surface area contributed by atoms with Gasteiger partial charge in [0.2, 0.25) is 5.91 Å². The molecule has 1 aliphatic heterocycles. The largest absolute Gasteiger partial charge is 0.396 e. The van der Waals surface area contributed by atoms with E-state index in [4.69, 9.17) is 11.6 Å². The first-order chi connectivity index (χ1) is 16.7. The summed E-state index contributed by atoms with van der Waals surface area (Å²) in [6.07, 6.45) is 0.412. The monoisotopic (exact) mass is 477 g/mol. The molecule has 0 aliphatic carbocycles. The summed E-state index contributed by atoms with van der Waals surface area (Å²) in [4.78, 5) is 17.7. The number of benzene rings is 3. The third kappa shape index (κ3) is 6.05. The lowest BCUT2D eigenvalue weighted by molar-refractivity contribution is -0.128. The molecule has 34 heavy (non-hydrogen) atoms. The number of carbonyl (C=O) groups excluding carboxylic acids is 1. The lowest BCUT2D eigenvalue weighted by Gasteiger charge is -2.42. The van der Waals surface area contributed by atoms with Crippen molar-refractivity contribution < 1.29 is 9.90 Å². The molecule has 1 amide bonds. The molecule has 0 radical (unpaired) electrons. The van der Waals surface area contributed by atoms with E-state index in [0.29, 0.717) is 18.0 Å². The molecule has 4 rings (SSSR count). The van der Waals surface area contributed by atoms with Crippen LogP contribution in [0.25, 0.3) is 0 Å². The molecule has 0 aromatic heterocycles. The standard InChI is InChI=1S/C28H32ClN3O2/c29-25-14-8-7-13-24(25)21-30-28(34)26(15-20-33)31-16-18-32(19-17-31)27(22-9-3-1-4-10-22)23-11-5-2-6-12-23/h1-14,26-27,33H,15-21H2,(H,30,34). The molecule has 0 spiro atoms. The second kappa shape index (κ2) is 12.1. The van der Waals surface area contributed by atoms with Crippen molar-refractivity contribution in [1.29, 1.82) is 0 Å². The van der Waals surface area contributed by atoms with Crippen molar-refractivity contribution >= 4 is 17.5 Å². The number of amides is 1. The van der Waals surface area contributed by atoms with Crippen LogP contribution in [0, 0.1) is 0 Å². The van der Waals surface area contributed by atoms with Gasteiger partial charge in [-0.25, -0.2) is 0 Å². The van der Waals surface area contributed by atoms with Crippen LogP contribution in [0.15, 0.2) is 84.9 Å². The fraction of sp³-hybridized carbons (Fsp3) is 0.321. The maximum absolute atomic E-state index is 13.1. The smallest absolute Gasteiger partial charge is 0.237 e. The maximum atomic E-state index is 13.1. The van der Waals surface area contributed by atoms with Crippen LogP contribution in [-0.4, -0.2) is 59.6 Å². The van der Waals surface area contributed by atoms with Gasteiger partial charge in [0.05, 0.1) is 12.1 Å². The van der Waals surface area contributed by atoms with Gasteiger partial charge in [0, 0.05) is 44.4 Å². The minimum atomic E-state index is -0.360. The van der Waals surface area contributed by atoms with Gasteiger partial charge in [-0.2, -0.15) is 0 Å². The molecule has 1 fully saturated rings. The first kappa shape index (κ1) is 24.4. The number of aliphatic hydroxyl groups excluding tert-OH is 1. The van der Waals surface area contributed by atoms with E-state index in [1.165, 1.54) is 11.1 Å². The Bertz CT molecular complexity index is 1000. The average molecular weight is 478 g/mol. The zero-order valence-corrected chi connectivity index (χ0v) is 20.1. The van der Waals surface area contributed by atoms with E-state index in [-0.39, 0.29) is 24.6 Å². The first-order valence-corrected chi connectivity index (χ1v) is 12.2. The highest BCUT2D eigenvalue weighted by molar-refractivity contribution is 6.31. The van der Waals surface area contributed by atoms with Crippen LogP contribution in [0.3, 0.4) is 0 Å². The Labute approximate surface area is 207 Å². The fourth-order valence-electron chi connectivity index (χ4n) is 4.74. The lowest BCUT2D eigenvalue weighted by atomic mass is 9.96. The number of hydrogen-bond acceptors (Lipinski definition) is 4. The Hall–Kier alpha value is -2.70. The number of hydrogen-bond donors (Lipinski definition) is 2. The van der Waals surface area contributed by atoms with Crippen LogP contribution >= 0.6 is 11.6 Å². The second-order valence-electron chi connectivity index (χ2n) is 8.63. The minimum Gasteiger partial charge on any atom is -0.396 e. The van der Waals surface area contributed by atoms with E-state index in [2.05, 4.69) is 63.6 Å². The highest BCUT2D eigenvalue weighted by Crippen LogP contribution is 2.30. The van der Waals surface area contributed by atoms with Gasteiger partial charge in [-0.1, -0.05) is 90.5 Å². The van der Waals surface area contributed by atoms with Crippen LogP contribution in [0.2, 0.25) is 5.02 Å². The third-order valence-electron chi connectivity index (χ3n) is 6.50. The van der Waals surface area contributed by atoms with Crippen molar-refractivity contribution in [1.82, 2.24) is 15.1 Å². The molecule has 3 aromatic carbocycles. The van der Waals surface area contributed by atoms with E-state index in [9.17, 15) is 9.90 Å². The minimum absolute atomic E-state index is 0.0267. The molecule has 1 aliphatic rings. The van der Waals surface area contributed by atoms with Crippen molar-refractivity contribution in [3.63, 3.8) is 0 Å². The summed E-state index contributed by atoms with van der Waals surface area (Å²) in [5, 5.41) is 13.3. The molecular weight excluding hydrogens is 446 g/mol. The Morgan fingerprint density at radius 3 is 1.91 bits per heavy atom. The number of halogens is 1. The van der Waals surface area contributed by atoms with Crippen LogP contribution < -0.4 is 5.32 Å². The maximum Gasteiger partial charge on any atom is 0.237 e. The summed E-state index contributed by atoms with van der Waals surface area (Å²) >= 11 is 6.24. The van der Waals surface area contributed by atoms with Crippen LogP contribution in [0.5, 0.6) is 0 Å². The molecule has 3 aromatic rings. The quantitative estimate of drug-likeness (QED) is 0.487. The number of carbonyl (C=O) groups is 1. The van der Waals surface area contributed by atoms with Crippen molar-refractivity contribution in [2.45, 2.75) is 25.0 Å². The van der Waals surface area contributed by atoms with Crippen molar-refractivity contribution in [2.24, 2.45) is 0 Å². The molecule has 1 atom stereocenters. The van der Waals surface area contributed by atoms with E-state index < -0.39 is 0 Å². The van der Waals surface area contributed by atoms with Crippen LogP contribution in [-0.2, 0) is 11.3 Å². The van der Waals surface area contributed by atoms with E-state index in [0.717, 1.165) is 31.7 Å². The highest BCUT2D eigenvalue weighted by atomic mass is 35.5. The summed E-state index contributed by atoms with van der Waals surface area (Å²) in [5.74, 6) is -0.0647. The van der Waals surface area contributed by atoms with E-state index >= 15 is 0 Å². The Kier molecular flexibility index (Phi) is 8.72. The van der Waals surface area contributed by atoms with E-state index in [1.54, 1.807) is 0 Å². The SMILES string of the molecule is O=C(NCc1ccccc1Cl)C(CCO)N1CCN(C(c2ccccc2)c2ccccc2)CC1. The first-order valence-electron chi connectivity index (χ1n) is 11.9. The Morgan fingerprint density at radius 2 is 1.35 bits per heavy atom. The number of nitrogens with zero attached hydrogens (tertiary/aromatic N) is 2. The van der Waals surface area contributed by atoms with Gasteiger partial charge in [-0.15, -0.1) is 0 Å².